The summed E-state index contributed by atoms with van der Waals surface area (Å²) < 4.78 is 18.5. The van der Waals surface area contributed by atoms with Gasteiger partial charge in [-0.15, -0.1) is 0 Å². The number of hydrogen-bond donors (Lipinski definition) is 2. The third-order valence-corrected chi connectivity index (χ3v) is 3.84. The summed E-state index contributed by atoms with van der Waals surface area (Å²) in [6.07, 6.45) is 2.21. The van der Waals surface area contributed by atoms with Crippen LogP contribution >= 0.6 is 0 Å². The molecule has 3 aromatic rings. The normalized spacial score (nSPS) is 10.3. The molecule has 0 aliphatic carbocycles. The Bertz CT molecular complexity index is 933. The molecule has 1 heterocycles. The number of carbonyl (C=O) groups is 1. The number of rotatable bonds is 7. The minimum atomic E-state index is -0.434. The number of nitrogens with zero attached hydrogens (tertiary/aromatic N) is 2. The second kappa shape index (κ2) is 8.75. The van der Waals surface area contributed by atoms with Gasteiger partial charge in [-0.25, -0.2) is 14.4 Å². The first-order chi connectivity index (χ1) is 13.2. The fourth-order valence-corrected chi connectivity index (χ4v) is 2.55. The van der Waals surface area contributed by atoms with E-state index in [2.05, 4.69) is 20.6 Å². The van der Waals surface area contributed by atoms with E-state index in [0.717, 1.165) is 11.3 Å². The van der Waals surface area contributed by atoms with Crippen molar-refractivity contribution in [3.8, 4) is 5.75 Å². The Balaban J connectivity index is 1.60. The highest BCUT2D eigenvalue weighted by molar-refractivity contribution is 6.02. The van der Waals surface area contributed by atoms with Gasteiger partial charge in [0.2, 0.25) is 5.95 Å². The third-order valence-electron chi connectivity index (χ3n) is 3.84. The number of aromatic nitrogens is 2. The largest absolute Gasteiger partial charge is 0.496 e. The number of methoxy groups -OCH3 is 1. The van der Waals surface area contributed by atoms with Crippen LogP contribution < -0.4 is 15.4 Å². The highest BCUT2D eigenvalue weighted by atomic mass is 19.1. The van der Waals surface area contributed by atoms with Gasteiger partial charge in [-0.3, -0.25) is 4.79 Å². The van der Waals surface area contributed by atoms with Crippen molar-refractivity contribution in [2.75, 3.05) is 24.3 Å². The quantitative estimate of drug-likeness (QED) is 0.669. The Morgan fingerprint density at radius 3 is 2.81 bits per heavy atom. The van der Waals surface area contributed by atoms with E-state index >= 15 is 0 Å². The first-order valence-corrected chi connectivity index (χ1v) is 8.41. The lowest BCUT2D eigenvalue weighted by atomic mass is 10.1. The van der Waals surface area contributed by atoms with Gasteiger partial charge < -0.3 is 15.4 Å². The van der Waals surface area contributed by atoms with Gasteiger partial charge >= 0.3 is 0 Å². The first-order valence-electron chi connectivity index (χ1n) is 8.41. The van der Waals surface area contributed by atoms with Crippen LogP contribution in [0.2, 0.25) is 0 Å². The van der Waals surface area contributed by atoms with Crippen molar-refractivity contribution in [1.29, 1.82) is 0 Å². The highest BCUT2D eigenvalue weighted by Gasteiger charge is 2.10. The second-order valence-electron chi connectivity index (χ2n) is 5.72. The minimum Gasteiger partial charge on any atom is -0.496 e. The molecule has 1 aromatic heterocycles. The smallest absolute Gasteiger partial charge is 0.274 e. The van der Waals surface area contributed by atoms with Crippen LogP contribution in [0, 0.1) is 5.82 Å². The molecule has 0 spiro atoms. The minimum absolute atomic E-state index is 0.189. The monoisotopic (exact) mass is 366 g/mol. The molecule has 6 nitrogen and oxygen atoms in total. The summed E-state index contributed by atoms with van der Waals surface area (Å²) in [5.74, 6) is 0.310. The Morgan fingerprint density at radius 1 is 1.15 bits per heavy atom. The maximum atomic E-state index is 13.2. The highest BCUT2D eigenvalue weighted by Crippen LogP contribution is 2.17. The van der Waals surface area contributed by atoms with Crippen molar-refractivity contribution in [3.63, 3.8) is 0 Å². The van der Waals surface area contributed by atoms with Crippen LogP contribution in [0.15, 0.2) is 60.8 Å². The summed E-state index contributed by atoms with van der Waals surface area (Å²) in [5.41, 5.74) is 1.62. The number of nitrogens with one attached hydrogen (secondary N) is 2. The van der Waals surface area contributed by atoms with E-state index in [9.17, 15) is 9.18 Å². The lowest BCUT2D eigenvalue weighted by Crippen LogP contribution is -2.16. The summed E-state index contributed by atoms with van der Waals surface area (Å²) in [6.45, 7) is 0.579. The number of ether oxygens (including phenoxy) is 1. The lowest BCUT2D eigenvalue weighted by Gasteiger charge is -2.09. The molecule has 0 unspecified atom stereocenters. The van der Waals surface area contributed by atoms with Gasteiger partial charge in [0.1, 0.15) is 17.3 Å². The fraction of sp³-hybridized carbons (Fsp3) is 0.150. The van der Waals surface area contributed by atoms with Crippen LogP contribution in [0.25, 0.3) is 0 Å². The number of benzene rings is 2. The molecule has 27 heavy (non-hydrogen) atoms. The molecular weight excluding hydrogens is 347 g/mol. The molecule has 2 aromatic carbocycles. The van der Waals surface area contributed by atoms with Crippen LogP contribution in [-0.2, 0) is 6.42 Å². The van der Waals surface area contributed by atoms with Gasteiger partial charge in [0.25, 0.3) is 5.91 Å². The van der Waals surface area contributed by atoms with Gasteiger partial charge in [-0.05, 0) is 42.3 Å². The van der Waals surface area contributed by atoms with Crippen molar-refractivity contribution < 1.29 is 13.9 Å². The first kappa shape index (κ1) is 18.3. The van der Waals surface area contributed by atoms with Gasteiger partial charge in [-0.2, -0.15) is 0 Å². The molecule has 0 aliphatic rings. The Kier molecular flexibility index (Phi) is 5.94. The molecule has 0 atom stereocenters. The number of halogens is 1. The summed E-state index contributed by atoms with van der Waals surface area (Å²) in [5, 5.41) is 5.70. The van der Waals surface area contributed by atoms with Gasteiger partial charge in [0.05, 0.1) is 7.11 Å². The van der Waals surface area contributed by atoms with E-state index in [0.29, 0.717) is 24.6 Å². The summed E-state index contributed by atoms with van der Waals surface area (Å²) in [6, 6.07) is 14.9. The molecular formula is C20H19FN4O2. The van der Waals surface area contributed by atoms with Gasteiger partial charge in [0.15, 0.2) is 0 Å². The van der Waals surface area contributed by atoms with E-state index in [4.69, 9.17) is 4.74 Å². The second-order valence-corrected chi connectivity index (χ2v) is 5.72. The zero-order valence-electron chi connectivity index (χ0n) is 14.8. The predicted octanol–water partition coefficient (Wildman–Crippen LogP) is 3.53. The molecule has 1 amide bonds. The predicted molar refractivity (Wildman–Crippen MR) is 102 cm³/mol. The molecule has 0 saturated heterocycles. The fourth-order valence-electron chi connectivity index (χ4n) is 2.55. The van der Waals surface area contributed by atoms with E-state index in [1.807, 2.05) is 24.3 Å². The molecule has 0 aliphatic heterocycles. The van der Waals surface area contributed by atoms with Gasteiger partial charge in [-0.1, -0.05) is 24.3 Å². The molecule has 0 bridgehead atoms. The maximum Gasteiger partial charge on any atom is 0.274 e. The zero-order valence-corrected chi connectivity index (χ0v) is 14.8. The van der Waals surface area contributed by atoms with Crippen molar-refractivity contribution in [1.82, 2.24) is 9.97 Å². The SMILES string of the molecule is COc1ccccc1CCNc1nccc(C(=O)Nc2cccc(F)c2)n1. The average molecular weight is 366 g/mol. The lowest BCUT2D eigenvalue weighted by molar-refractivity contribution is 0.102. The van der Waals surface area contributed by atoms with Crippen molar-refractivity contribution in [2.24, 2.45) is 0 Å². The standard InChI is InChI=1S/C20H19FN4O2/c1-27-18-8-3-2-5-14(18)9-11-22-20-23-12-10-17(25-20)19(26)24-16-7-4-6-15(21)13-16/h2-8,10,12-13H,9,11H2,1H3,(H,24,26)(H,22,23,25). The Morgan fingerprint density at radius 2 is 2.00 bits per heavy atom. The average Bonchev–Trinajstić information content (AvgIpc) is 2.68. The van der Waals surface area contributed by atoms with Crippen molar-refractivity contribution >= 4 is 17.5 Å². The van der Waals surface area contributed by atoms with E-state index in [1.165, 1.54) is 30.5 Å². The number of hydrogen-bond acceptors (Lipinski definition) is 5. The topological polar surface area (TPSA) is 76.1 Å². The van der Waals surface area contributed by atoms with Crippen LogP contribution in [0.5, 0.6) is 5.75 Å². The van der Waals surface area contributed by atoms with Crippen molar-refractivity contribution in [3.05, 3.63) is 77.9 Å². The molecule has 0 saturated carbocycles. The number of anilines is 2. The molecule has 2 N–H and O–H groups in total. The molecule has 0 radical (unpaired) electrons. The molecule has 138 valence electrons. The van der Waals surface area contributed by atoms with Crippen LogP contribution in [-0.4, -0.2) is 29.5 Å². The third kappa shape index (κ3) is 5.01. The Labute approximate surface area is 156 Å². The molecule has 7 heteroatoms. The van der Waals surface area contributed by atoms with Crippen molar-refractivity contribution in [2.45, 2.75) is 6.42 Å². The van der Waals surface area contributed by atoms with Crippen LogP contribution in [0.4, 0.5) is 16.0 Å². The van der Waals surface area contributed by atoms with E-state index in [-0.39, 0.29) is 5.69 Å². The summed E-state index contributed by atoms with van der Waals surface area (Å²) in [4.78, 5) is 20.6. The van der Waals surface area contributed by atoms with Crippen LogP contribution in [0.3, 0.4) is 0 Å². The molecule has 0 fully saturated rings. The summed E-state index contributed by atoms with van der Waals surface area (Å²) >= 11 is 0. The van der Waals surface area contributed by atoms with Gasteiger partial charge in [0, 0.05) is 18.4 Å². The van der Waals surface area contributed by atoms with E-state index < -0.39 is 11.7 Å². The van der Waals surface area contributed by atoms with E-state index in [1.54, 1.807) is 13.2 Å². The zero-order chi connectivity index (χ0) is 19.1. The van der Waals surface area contributed by atoms with Crippen LogP contribution in [0.1, 0.15) is 16.1 Å². The number of amides is 1. The summed E-state index contributed by atoms with van der Waals surface area (Å²) in [7, 11) is 1.63. The molecule has 3 rings (SSSR count). The maximum absolute atomic E-state index is 13.2. The number of carbonyl (C=O) groups excluding carboxylic acids is 1. The number of para-hydroxylation sites is 1. The Hall–Kier alpha value is -3.48.